The van der Waals surface area contributed by atoms with Gasteiger partial charge in [0.15, 0.2) is 6.10 Å². The minimum atomic E-state index is -1.18. The lowest BCUT2D eigenvalue weighted by Gasteiger charge is -2.15. The fraction of sp³-hybridized carbons (Fsp3) is 0.562. The van der Waals surface area contributed by atoms with Gasteiger partial charge in [-0.3, -0.25) is 0 Å². The van der Waals surface area contributed by atoms with Gasteiger partial charge in [0.1, 0.15) is 25.4 Å². The first-order valence-electron chi connectivity index (χ1n) is 7.75. The largest absolute Gasteiger partial charge is 0.460 e. The minimum absolute atomic E-state index is 0.0524. The molecule has 2 aliphatic rings. The van der Waals surface area contributed by atoms with Crippen molar-refractivity contribution >= 4 is 17.9 Å². The van der Waals surface area contributed by atoms with Gasteiger partial charge in [0.25, 0.3) is 0 Å². The van der Waals surface area contributed by atoms with Crippen molar-refractivity contribution in [3.63, 3.8) is 0 Å². The Kier molecular flexibility index (Phi) is 7.11. The fourth-order valence-corrected chi connectivity index (χ4v) is 2.37. The molecule has 0 spiro atoms. The van der Waals surface area contributed by atoms with Gasteiger partial charge in [0.2, 0.25) is 0 Å². The van der Waals surface area contributed by atoms with Crippen LogP contribution in [0.15, 0.2) is 24.8 Å². The van der Waals surface area contributed by atoms with Crippen LogP contribution in [0.2, 0.25) is 0 Å². The van der Waals surface area contributed by atoms with E-state index in [2.05, 4.69) is 11.3 Å². The summed E-state index contributed by atoms with van der Waals surface area (Å²) in [6, 6.07) is 0. The summed E-state index contributed by atoms with van der Waals surface area (Å²) in [4.78, 5) is 34.0. The van der Waals surface area contributed by atoms with E-state index in [0.29, 0.717) is 6.61 Å². The maximum absolute atomic E-state index is 11.7. The van der Waals surface area contributed by atoms with Crippen molar-refractivity contribution in [2.24, 2.45) is 0 Å². The summed E-state index contributed by atoms with van der Waals surface area (Å²) < 4.78 is 25.3. The lowest BCUT2D eigenvalue weighted by Crippen LogP contribution is -2.31. The second kappa shape index (κ2) is 9.30. The van der Waals surface area contributed by atoms with E-state index in [-0.39, 0.29) is 25.4 Å². The predicted octanol–water partition coefficient (Wildman–Crippen LogP) is -0.725. The molecule has 1 N–H and O–H groups in total. The Bertz CT molecular complexity index is 542. The van der Waals surface area contributed by atoms with E-state index in [0.717, 1.165) is 24.6 Å². The highest BCUT2D eigenvalue weighted by atomic mass is 16.6. The highest BCUT2D eigenvalue weighted by molar-refractivity contribution is 5.91. The topological polar surface area (TPSA) is 118 Å². The smallest absolute Gasteiger partial charge is 0.331 e. The monoisotopic (exact) mass is 356 g/mol. The highest BCUT2D eigenvalue weighted by Gasteiger charge is 2.43. The summed E-state index contributed by atoms with van der Waals surface area (Å²) in [5, 5.41) is 9.46. The van der Waals surface area contributed by atoms with Crippen molar-refractivity contribution in [2.45, 2.75) is 30.8 Å². The molecule has 9 heteroatoms. The first-order chi connectivity index (χ1) is 12.0. The second-order valence-corrected chi connectivity index (χ2v) is 5.42. The molecule has 4 atom stereocenters. The zero-order chi connectivity index (χ0) is 18.2. The minimum Gasteiger partial charge on any atom is -0.460 e. The van der Waals surface area contributed by atoms with Crippen LogP contribution in [0.3, 0.4) is 0 Å². The maximum atomic E-state index is 11.7. The Labute approximate surface area is 144 Å². The predicted molar refractivity (Wildman–Crippen MR) is 81.2 cm³/mol. The fourth-order valence-electron chi connectivity index (χ4n) is 2.37. The molecule has 25 heavy (non-hydrogen) atoms. The van der Waals surface area contributed by atoms with E-state index in [4.69, 9.17) is 18.9 Å². The van der Waals surface area contributed by atoms with Gasteiger partial charge in [-0.1, -0.05) is 6.58 Å². The number of fused-ring (bicyclic) bond motifs is 1. The van der Waals surface area contributed by atoms with Gasteiger partial charge in [0, 0.05) is 24.8 Å². The summed E-state index contributed by atoms with van der Waals surface area (Å²) in [7, 11) is 0. The Morgan fingerprint density at radius 1 is 1.12 bits per heavy atom. The van der Waals surface area contributed by atoms with Gasteiger partial charge in [-0.2, -0.15) is 0 Å². The van der Waals surface area contributed by atoms with Crippen LogP contribution in [-0.4, -0.2) is 73.9 Å². The molecular formula is C16H20O9. The summed E-state index contributed by atoms with van der Waals surface area (Å²) in [5.74, 6) is -2.26. The first kappa shape index (κ1) is 19.1. The summed E-state index contributed by atoms with van der Waals surface area (Å²) in [5.41, 5.74) is 0. The summed E-state index contributed by atoms with van der Waals surface area (Å²) in [6.07, 6.45) is 1.53. The van der Waals surface area contributed by atoms with E-state index in [1.165, 1.54) is 0 Å². The molecule has 9 nitrogen and oxygen atoms in total. The molecule has 4 unspecified atom stereocenters. The number of carbonyl (C=O) groups is 3. The van der Waals surface area contributed by atoms with Gasteiger partial charge < -0.3 is 28.8 Å². The van der Waals surface area contributed by atoms with E-state index in [9.17, 15) is 19.5 Å². The van der Waals surface area contributed by atoms with Crippen LogP contribution in [0, 0.1) is 0 Å². The quantitative estimate of drug-likeness (QED) is 0.341. The van der Waals surface area contributed by atoms with Crippen LogP contribution in [0.1, 0.15) is 6.42 Å². The third-order valence-electron chi connectivity index (χ3n) is 3.55. The molecule has 0 bridgehead atoms. The molecule has 0 radical (unpaired) electrons. The number of aliphatic hydroxyl groups is 1. The zero-order valence-electron chi connectivity index (χ0n) is 13.5. The van der Waals surface area contributed by atoms with E-state index in [1.54, 1.807) is 0 Å². The lowest BCUT2D eigenvalue weighted by atomic mass is 10.1. The number of aliphatic hydroxyl groups excluding tert-OH is 1. The van der Waals surface area contributed by atoms with E-state index in [1.807, 2.05) is 0 Å². The molecule has 0 amide bonds. The molecule has 0 saturated carbocycles. The van der Waals surface area contributed by atoms with Crippen LogP contribution in [0.5, 0.6) is 0 Å². The van der Waals surface area contributed by atoms with Gasteiger partial charge in [-0.15, -0.1) is 0 Å². The molecule has 2 aliphatic heterocycles. The third kappa shape index (κ3) is 5.96. The standard InChI is InChI=1S/C16H20O9/c1-2-13(18)23-7-10(17)8-24-14(19)3-4-15(20)25-12-9-22-11-5-6-21-16(11)12/h2-4,10-12,16-17H,1,5-9H2/b4-3-. The molecule has 2 heterocycles. The summed E-state index contributed by atoms with van der Waals surface area (Å²) >= 11 is 0. The SMILES string of the molecule is C=CC(=O)OCC(O)COC(=O)/C=C\C(=O)OC1COC2CCOC21. The first-order valence-corrected chi connectivity index (χ1v) is 7.75. The number of hydrogen-bond donors (Lipinski definition) is 1. The van der Waals surface area contributed by atoms with Crippen molar-refractivity contribution in [1.82, 2.24) is 0 Å². The Morgan fingerprint density at radius 3 is 2.52 bits per heavy atom. The molecule has 0 aromatic heterocycles. The van der Waals surface area contributed by atoms with E-state index >= 15 is 0 Å². The van der Waals surface area contributed by atoms with Crippen LogP contribution in [0.4, 0.5) is 0 Å². The van der Waals surface area contributed by atoms with Crippen molar-refractivity contribution in [2.75, 3.05) is 26.4 Å². The van der Waals surface area contributed by atoms with Crippen molar-refractivity contribution in [3.05, 3.63) is 24.8 Å². The van der Waals surface area contributed by atoms with E-state index < -0.39 is 36.7 Å². The van der Waals surface area contributed by atoms with Gasteiger partial charge in [0.05, 0.1) is 12.7 Å². The third-order valence-corrected chi connectivity index (χ3v) is 3.55. The van der Waals surface area contributed by atoms with Crippen molar-refractivity contribution in [3.8, 4) is 0 Å². The van der Waals surface area contributed by atoms with Crippen LogP contribution in [-0.2, 0) is 38.1 Å². The molecular weight excluding hydrogens is 336 g/mol. The Balaban J connectivity index is 1.64. The number of rotatable bonds is 8. The Hall–Kier alpha value is -2.23. The number of carbonyl (C=O) groups excluding carboxylic acids is 3. The maximum Gasteiger partial charge on any atom is 0.331 e. The zero-order valence-corrected chi connectivity index (χ0v) is 13.5. The highest BCUT2D eigenvalue weighted by Crippen LogP contribution is 2.28. The molecule has 138 valence electrons. The second-order valence-electron chi connectivity index (χ2n) is 5.42. The molecule has 0 aliphatic carbocycles. The average Bonchev–Trinajstić information content (AvgIpc) is 3.21. The van der Waals surface area contributed by atoms with Crippen LogP contribution < -0.4 is 0 Å². The Morgan fingerprint density at radius 2 is 1.80 bits per heavy atom. The molecule has 0 aromatic carbocycles. The molecule has 0 aromatic rings. The normalized spacial score (nSPS) is 26.0. The molecule has 2 saturated heterocycles. The molecule has 2 fully saturated rings. The van der Waals surface area contributed by atoms with Crippen molar-refractivity contribution < 1.29 is 43.2 Å². The van der Waals surface area contributed by atoms with Crippen molar-refractivity contribution in [1.29, 1.82) is 0 Å². The van der Waals surface area contributed by atoms with Gasteiger partial charge >= 0.3 is 17.9 Å². The number of ether oxygens (including phenoxy) is 5. The number of esters is 3. The lowest BCUT2D eigenvalue weighted by molar-refractivity contribution is -0.149. The van der Waals surface area contributed by atoms with Gasteiger partial charge in [-0.25, -0.2) is 14.4 Å². The summed E-state index contributed by atoms with van der Waals surface area (Å²) in [6.45, 7) is 3.29. The number of hydrogen-bond acceptors (Lipinski definition) is 9. The molecule has 2 rings (SSSR count). The van der Waals surface area contributed by atoms with Gasteiger partial charge in [-0.05, 0) is 6.42 Å². The average molecular weight is 356 g/mol. The van der Waals surface area contributed by atoms with Crippen LogP contribution >= 0.6 is 0 Å². The van der Waals surface area contributed by atoms with Crippen LogP contribution in [0.25, 0.3) is 0 Å².